The number of aromatic nitrogens is 4. The van der Waals surface area contributed by atoms with Gasteiger partial charge < -0.3 is 9.64 Å². The summed E-state index contributed by atoms with van der Waals surface area (Å²) in [5.41, 5.74) is 0. The van der Waals surface area contributed by atoms with Gasteiger partial charge >= 0.3 is 5.97 Å². The molecule has 1 amide bonds. The monoisotopic (exact) mass is 253 g/mol. The molecule has 2 heterocycles. The molecule has 18 heavy (non-hydrogen) atoms. The summed E-state index contributed by atoms with van der Waals surface area (Å²) in [6.07, 6.45) is 1.43. The maximum atomic E-state index is 11.9. The summed E-state index contributed by atoms with van der Waals surface area (Å²) >= 11 is 0. The first-order valence-electron chi connectivity index (χ1n) is 5.78. The van der Waals surface area contributed by atoms with E-state index in [-0.39, 0.29) is 24.2 Å². The summed E-state index contributed by atoms with van der Waals surface area (Å²) in [4.78, 5) is 25.0. The Morgan fingerprint density at radius 1 is 1.44 bits per heavy atom. The van der Waals surface area contributed by atoms with E-state index in [1.54, 1.807) is 4.90 Å². The third-order valence-corrected chi connectivity index (χ3v) is 3.08. The van der Waals surface area contributed by atoms with Gasteiger partial charge in [0.15, 0.2) is 5.82 Å². The van der Waals surface area contributed by atoms with Crippen LogP contribution in [0.25, 0.3) is 0 Å². The topological polar surface area (TPSA) is 101 Å². The Morgan fingerprint density at radius 2 is 2.17 bits per heavy atom. The summed E-state index contributed by atoms with van der Waals surface area (Å²) in [5.74, 6) is 0.0549. The number of tetrazole rings is 1. The standard InChI is InChI=1S/C10H15N5O3/c1-18-10(17)7-2-4-15(5-3-7)9(16)6-8-11-13-14-12-8/h7H,2-6H2,1H3,(H,11,12,13,14). The number of carbonyl (C=O) groups is 2. The fraction of sp³-hybridized carbons (Fsp3) is 0.700. The summed E-state index contributed by atoms with van der Waals surface area (Å²) < 4.78 is 4.70. The Labute approximate surface area is 104 Å². The molecule has 0 spiro atoms. The molecule has 0 aromatic carbocycles. The van der Waals surface area contributed by atoms with Crippen LogP contribution < -0.4 is 0 Å². The highest BCUT2D eigenvalue weighted by Gasteiger charge is 2.28. The van der Waals surface area contributed by atoms with E-state index >= 15 is 0 Å². The molecule has 1 aliphatic rings. The number of H-pyrrole nitrogens is 1. The van der Waals surface area contributed by atoms with Gasteiger partial charge in [-0.2, -0.15) is 5.21 Å². The zero-order chi connectivity index (χ0) is 13.0. The maximum Gasteiger partial charge on any atom is 0.308 e. The number of esters is 1. The molecule has 0 bridgehead atoms. The van der Waals surface area contributed by atoms with Crippen molar-refractivity contribution >= 4 is 11.9 Å². The zero-order valence-corrected chi connectivity index (χ0v) is 10.1. The van der Waals surface area contributed by atoms with E-state index < -0.39 is 0 Å². The molecule has 0 aliphatic carbocycles. The average Bonchev–Trinajstić information content (AvgIpc) is 2.91. The Bertz CT molecular complexity index is 411. The van der Waals surface area contributed by atoms with Crippen molar-refractivity contribution in [2.75, 3.05) is 20.2 Å². The second kappa shape index (κ2) is 5.56. The molecule has 1 saturated heterocycles. The molecule has 1 fully saturated rings. The smallest absolute Gasteiger partial charge is 0.308 e. The molecule has 0 unspecified atom stereocenters. The molecule has 1 aromatic rings. The van der Waals surface area contributed by atoms with Crippen LogP contribution in [-0.4, -0.2) is 57.6 Å². The molecular weight excluding hydrogens is 238 g/mol. The number of carbonyl (C=O) groups excluding carboxylic acids is 2. The normalized spacial score (nSPS) is 16.6. The lowest BCUT2D eigenvalue weighted by Crippen LogP contribution is -2.41. The zero-order valence-electron chi connectivity index (χ0n) is 10.1. The van der Waals surface area contributed by atoms with Crippen molar-refractivity contribution in [3.05, 3.63) is 5.82 Å². The van der Waals surface area contributed by atoms with Crippen LogP contribution in [0, 0.1) is 5.92 Å². The highest BCUT2D eigenvalue weighted by atomic mass is 16.5. The number of nitrogens with zero attached hydrogens (tertiary/aromatic N) is 4. The number of piperidine rings is 1. The molecule has 0 radical (unpaired) electrons. The van der Waals surface area contributed by atoms with E-state index in [4.69, 9.17) is 4.74 Å². The summed E-state index contributed by atoms with van der Waals surface area (Å²) in [6.45, 7) is 1.13. The Kier molecular flexibility index (Phi) is 3.85. The van der Waals surface area contributed by atoms with Crippen LogP contribution in [0.15, 0.2) is 0 Å². The van der Waals surface area contributed by atoms with Crippen molar-refractivity contribution in [2.24, 2.45) is 5.92 Å². The van der Waals surface area contributed by atoms with Crippen molar-refractivity contribution in [1.29, 1.82) is 0 Å². The van der Waals surface area contributed by atoms with E-state index in [0.717, 1.165) is 0 Å². The number of likely N-dealkylation sites (tertiary alicyclic amines) is 1. The van der Waals surface area contributed by atoms with Crippen molar-refractivity contribution in [3.8, 4) is 0 Å². The van der Waals surface area contributed by atoms with Gasteiger partial charge in [-0.05, 0) is 12.8 Å². The fourth-order valence-corrected chi connectivity index (χ4v) is 2.04. The molecule has 0 saturated carbocycles. The molecule has 0 atom stereocenters. The number of methoxy groups -OCH3 is 1. The summed E-state index contributed by atoms with van der Waals surface area (Å²) in [5, 5.41) is 13.2. The SMILES string of the molecule is COC(=O)C1CCN(C(=O)Cc2nn[nH]n2)CC1. The lowest BCUT2D eigenvalue weighted by atomic mass is 9.97. The average molecular weight is 253 g/mol. The van der Waals surface area contributed by atoms with Crippen LogP contribution >= 0.6 is 0 Å². The van der Waals surface area contributed by atoms with Crippen molar-refractivity contribution in [3.63, 3.8) is 0 Å². The van der Waals surface area contributed by atoms with E-state index in [1.165, 1.54) is 7.11 Å². The minimum absolute atomic E-state index is 0.0419. The maximum absolute atomic E-state index is 11.9. The fourth-order valence-electron chi connectivity index (χ4n) is 2.04. The van der Waals surface area contributed by atoms with E-state index in [2.05, 4.69) is 20.6 Å². The number of rotatable bonds is 3. The first kappa shape index (κ1) is 12.5. The Hall–Kier alpha value is -1.99. The minimum Gasteiger partial charge on any atom is -0.469 e. The quantitative estimate of drug-likeness (QED) is 0.704. The number of amides is 1. The van der Waals surface area contributed by atoms with Gasteiger partial charge in [-0.1, -0.05) is 5.21 Å². The van der Waals surface area contributed by atoms with E-state index in [0.29, 0.717) is 31.8 Å². The third-order valence-electron chi connectivity index (χ3n) is 3.08. The van der Waals surface area contributed by atoms with Crippen molar-refractivity contribution in [1.82, 2.24) is 25.5 Å². The van der Waals surface area contributed by atoms with Crippen LogP contribution in [0.1, 0.15) is 18.7 Å². The molecule has 8 nitrogen and oxygen atoms in total. The van der Waals surface area contributed by atoms with Crippen molar-refractivity contribution < 1.29 is 14.3 Å². The van der Waals surface area contributed by atoms with Gasteiger partial charge in [-0.25, -0.2) is 0 Å². The molecule has 1 aliphatic heterocycles. The van der Waals surface area contributed by atoms with Gasteiger partial charge in [0, 0.05) is 13.1 Å². The molecule has 1 N–H and O–H groups in total. The number of hydrogen-bond acceptors (Lipinski definition) is 6. The number of aromatic amines is 1. The third kappa shape index (κ3) is 2.82. The van der Waals surface area contributed by atoms with Crippen LogP contribution in [0.4, 0.5) is 0 Å². The predicted octanol–water partition coefficient (Wildman–Crippen LogP) is -0.846. The largest absolute Gasteiger partial charge is 0.469 e. The number of hydrogen-bond donors (Lipinski definition) is 1. The number of nitrogens with one attached hydrogen (secondary N) is 1. The highest BCUT2D eigenvalue weighted by molar-refractivity contribution is 5.78. The van der Waals surface area contributed by atoms with Gasteiger partial charge in [0.2, 0.25) is 5.91 Å². The first-order valence-corrected chi connectivity index (χ1v) is 5.78. The summed E-state index contributed by atoms with van der Waals surface area (Å²) in [7, 11) is 1.39. The van der Waals surface area contributed by atoms with Crippen LogP contribution in [-0.2, 0) is 20.7 Å². The second-order valence-corrected chi connectivity index (χ2v) is 4.18. The lowest BCUT2D eigenvalue weighted by molar-refractivity contribution is -0.148. The van der Waals surface area contributed by atoms with Crippen LogP contribution in [0.3, 0.4) is 0 Å². The van der Waals surface area contributed by atoms with Gasteiger partial charge in [-0.15, -0.1) is 10.2 Å². The second-order valence-electron chi connectivity index (χ2n) is 4.18. The van der Waals surface area contributed by atoms with Crippen LogP contribution in [0.5, 0.6) is 0 Å². The molecule has 1 aromatic heterocycles. The molecular formula is C10H15N5O3. The van der Waals surface area contributed by atoms with Gasteiger partial charge in [0.05, 0.1) is 19.4 Å². The van der Waals surface area contributed by atoms with Crippen LogP contribution in [0.2, 0.25) is 0 Å². The van der Waals surface area contributed by atoms with Gasteiger partial charge in [-0.3, -0.25) is 9.59 Å². The Morgan fingerprint density at radius 3 is 2.72 bits per heavy atom. The molecule has 2 rings (SSSR count). The molecule has 98 valence electrons. The first-order chi connectivity index (χ1) is 8.70. The predicted molar refractivity (Wildman–Crippen MR) is 59.2 cm³/mol. The van der Waals surface area contributed by atoms with Gasteiger partial charge in [0.25, 0.3) is 0 Å². The lowest BCUT2D eigenvalue weighted by Gasteiger charge is -2.30. The highest BCUT2D eigenvalue weighted by Crippen LogP contribution is 2.18. The minimum atomic E-state index is -0.194. The van der Waals surface area contributed by atoms with E-state index in [1.807, 2.05) is 0 Å². The van der Waals surface area contributed by atoms with E-state index in [9.17, 15) is 9.59 Å². The van der Waals surface area contributed by atoms with Crippen molar-refractivity contribution in [2.45, 2.75) is 19.3 Å². The Balaban J connectivity index is 1.82. The molecule has 8 heteroatoms. The number of ether oxygens (including phenoxy) is 1. The van der Waals surface area contributed by atoms with Gasteiger partial charge in [0.1, 0.15) is 0 Å². The summed E-state index contributed by atoms with van der Waals surface area (Å²) in [6, 6.07) is 0.